The Bertz CT molecular complexity index is 697. The van der Waals surface area contributed by atoms with Crippen LogP contribution in [0.4, 0.5) is 0 Å². The summed E-state index contributed by atoms with van der Waals surface area (Å²) in [6.45, 7) is 3.86. The Hall–Kier alpha value is -1.84. The van der Waals surface area contributed by atoms with Crippen molar-refractivity contribution in [2.24, 2.45) is 23.0 Å². The Morgan fingerprint density at radius 2 is 1.77 bits per heavy atom. The van der Waals surface area contributed by atoms with Gasteiger partial charge in [0.2, 0.25) is 11.8 Å². The molecule has 0 spiro atoms. The average Bonchev–Trinajstić information content (AvgIpc) is 3.15. The summed E-state index contributed by atoms with van der Waals surface area (Å²) in [6, 6.07) is 10.5. The zero-order valence-corrected chi connectivity index (χ0v) is 15.7. The van der Waals surface area contributed by atoms with Gasteiger partial charge in [0, 0.05) is 24.4 Å². The third-order valence-corrected chi connectivity index (χ3v) is 7.15. The quantitative estimate of drug-likeness (QED) is 0.905. The summed E-state index contributed by atoms with van der Waals surface area (Å²) in [5.74, 6) is 0.637. The standard InChI is InChI=1S/C22H30N2O2/c1-21(20(23)26)12-16-11-17(19(25)24-9-5-6-10-24)14-22(13-16,15-21)18-7-3-2-4-8-18/h2-4,7-8,16-17H,5-6,9-15H2,1H3,(H2,23,26). The summed E-state index contributed by atoms with van der Waals surface area (Å²) in [5, 5.41) is 0. The molecule has 4 atom stereocenters. The van der Waals surface area contributed by atoms with Gasteiger partial charge in [-0.3, -0.25) is 9.59 Å². The maximum atomic E-state index is 13.1. The normalized spacial score (nSPS) is 36.7. The number of hydrogen-bond acceptors (Lipinski definition) is 2. The van der Waals surface area contributed by atoms with E-state index in [4.69, 9.17) is 5.73 Å². The number of hydrogen-bond donors (Lipinski definition) is 1. The van der Waals surface area contributed by atoms with Crippen molar-refractivity contribution in [3.05, 3.63) is 35.9 Å². The fourth-order valence-corrected chi connectivity index (χ4v) is 6.13. The highest BCUT2D eigenvalue weighted by Crippen LogP contribution is 2.58. The topological polar surface area (TPSA) is 63.4 Å². The molecular weight excluding hydrogens is 324 g/mol. The van der Waals surface area contributed by atoms with E-state index >= 15 is 0 Å². The van der Waals surface area contributed by atoms with Crippen LogP contribution in [0.3, 0.4) is 0 Å². The van der Waals surface area contributed by atoms with Crippen molar-refractivity contribution in [1.29, 1.82) is 0 Å². The molecule has 2 bridgehead atoms. The number of fused-ring (bicyclic) bond motifs is 2. The Balaban J connectivity index is 1.68. The zero-order valence-electron chi connectivity index (χ0n) is 15.7. The molecule has 26 heavy (non-hydrogen) atoms. The summed E-state index contributed by atoms with van der Waals surface area (Å²) in [4.78, 5) is 27.5. The number of amides is 2. The molecule has 3 fully saturated rings. The van der Waals surface area contributed by atoms with Gasteiger partial charge in [-0.05, 0) is 61.8 Å². The number of nitrogens with two attached hydrogens (primary N) is 1. The summed E-state index contributed by atoms with van der Waals surface area (Å²) in [6.07, 6.45) is 6.68. The molecule has 4 nitrogen and oxygen atoms in total. The molecule has 1 aliphatic heterocycles. The number of rotatable bonds is 3. The largest absolute Gasteiger partial charge is 0.369 e. The van der Waals surface area contributed by atoms with E-state index in [0.717, 1.165) is 58.0 Å². The highest BCUT2D eigenvalue weighted by molar-refractivity contribution is 5.82. The Kier molecular flexibility index (Phi) is 4.32. The molecule has 2 aliphatic carbocycles. The Morgan fingerprint density at radius 3 is 2.42 bits per heavy atom. The second-order valence-electron chi connectivity index (χ2n) is 9.19. The van der Waals surface area contributed by atoms with Gasteiger partial charge in [-0.25, -0.2) is 0 Å². The average molecular weight is 354 g/mol. The van der Waals surface area contributed by atoms with Gasteiger partial charge in [0.25, 0.3) is 0 Å². The molecule has 2 amide bonds. The van der Waals surface area contributed by atoms with Gasteiger partial charge in [-0.15, -0.1) is 0 Å². The second-order valence-corrected chi connectivity index (χ2v) is 9.19. The molecule has 0 radical (unpaired) electrons. The van der Waals surface area contributed by atoms with Gasteiger partial charge < -0.3 is 10.6 Å². The van der Waals surface area contributed by atoms with Crippen LogP contribution in [0.5, 0.6) is 0 Å². The Morgan fingerprint density at radius 1 is 1.08 bits per heavy atom. The van der Waals surface area contributed by atoms with E-state index < -0.39 is 5.41 Å². The minimum absolute atomic E-state index is 0.0875. The number of primary amides is 1. The van der Waals surface area contributed by atoms with Crippen LogP contribution in [0.15, 0.2) is 30.3 Å². The van der Waals surface area contributed by atoms with Crippen molar-refractivity contribution in [1.82, 2.24) is 4.90 Å². The first kappa shape index (κ1) is 17.6. The van der Waals surface area contributed by atoms with Crippen molar-refractivity contribution in [2.45, 2.75) is 57.3 Å². The van der Waals surface area contributed by atoms with Crippen LogP contribution in [0.2, 0.25) is 0 Å². The molecule has 1 saturated heterocycles. The van der Waals surface area contributed by atoms with Gasteiger partial charge in [0.15, 0.2) is 0 Å². The van der Waals surface area contributed by atoms with E-state index in [0.29, 0.717) is 11.8 Å². The van der Waals surface area contributed by atoms with E-state index in [1.54, 1.807) is 0 Å². The Labute approximate surface area is 156 Å². The number of carbonyl (C=O) groups excluding carboxylic acids is 2. The lowest BCUT2D eigenvalue weighted by Gasteiger charge is -2.54. The van der Waals surface area contributed by atoms with Crippen molar-refractivity contribution in [3.63, 3.8) is 0 Å². The molecule has 1 aromatic carbocycles. The molecule has 140 valence electrons. The molecule has 4 heteroatoms. The third kappa shape index (κ3) is 2.93. The molecular formula is C22H30N2O2. The van der Waals surface area contributed by atoms with Crippen LogP contribution in [0.25, 0.3) is 0 Å². The first-order chi connectivity index (χ1) is 12.4. The van der Waals surface area contributed by atoms with Gasteiger partial charge in [-0.1, -0.05) is 37.3 Å². The lowest BCUT2D eigenvalue weighted by atomic mass is 9.50. The smallest absolute Gasteiger partial charge is 0.225 e. The van der Waals surface area contributed by atoms with E-state index in [1.807, 2.05) is 13.0 Å². The molecule has 1 heterocycles. The van der Waals surface area contributed by atoms with Crippen molar-refractivity contribution >= 4 is 11.8 Å². The fraction of sp³-hybridized carbons (Fsp3) is 0.636. The van der Waals surface area contributed by atoms with Gasteiger partial charge in [-0.2, -0.15) is 0 Å². The highest BCUT2D eigenvalue weighted by atomic mass is 16.2. The fourth-order valence-electron chi connectivity index (χ4n) is 6.13. The minimum Gasteiger partial charge on any atom is -0.369 e. The van der Waals surface area contributed by atoms with E-state index in [1.165, 1.54) is 5.56 Å². The van der Waals surface area contributed by atoms with E-state index in [9.17, 15) is 9.59 Å². The number of nitrogens with zero attached hydrogens (tertiary/aromatic N) is 1. The first-order valence-electron chi connectivity index (χ1n) is 10.1. The molecule has 0 aromatic heterocycles. The summed E-state index contributed by atoms with van der Waals surface area (Å²) >= 11 is 0. The van der Waals surface area contributed by atoms with Gasteiger partial charge in [0.1, 0.15) is 0 Å². The van der Waals surface area contributed by atoms with Crippen LogP contribution in [0.1, 0.15) is 57.4 Å². The van der Waals surface area contributed by atoms with Gasteiger partial charge in [0.05, 0.1) is 0 Å². The van der Waals surface area contributed by atoms with Crippen LogP contribution in [0, 0.1) is 17.3 Å². The predicted molar refractivity (Wildman–Crippen MR) is 101 cm³/mol. The van der Waals surface area contributed by atoms with Crippen molar-refractivity contribution in [3.8, 4) is 0 Å². The number of likely N-dealkylation sites (tertiary alicyclic amines) is 1. The number of benzene rings is 1. The molecule has 2 N–H and O–H groups in total. The molecule has 4 rings (SSSR count). The maximum Gasteiger partial charge on any atom is 0.225 e. The van der Waals surface area contributed by atoms with Crippen LogP contribution >= 0.6 is 0 Å². The van der Waals surface area contributed by atoms with Gasteiger partial charge >= 0.3 is 0 Å². The first-order valence-corrected chi connectivity index (χ1v) is 10.1. The SMILES string of the molecule is CC1(C(N)=O)CC2CC(C(=O)N3CCCC3)CC(c3ccccc3)(C2)C1. The molecule has 4 unspecified atom stereocenters. The van der Waals surface area contributed by atoms with Crippen LogP contribution in [-0.4, -0.2) is 29.8 Å². The second kappa shape index (κ2) is 6.40. The predicted octanol–water partition coefficient (Wildman–Crippen LogP) is 3.25. The van der Waals surface area contributed by atoms with E-state index in [2.05, 4.69) is 29.2 Å². The lowest BCUT2D eigenvalue weighted by molar-refractivity contribution is -0.141. The van der Waals surface area contributed by atoms with E-state index in [-0.39, 0.29) is 17.2 Å². The third-order valence-electron chi connectivity index (χ3n) is 7.15. The summed E-state index contributed by atoms with van der Waals surface area (Å²) in [5.41, 5.74) is 6.52. The molecule has 2 saturated carbocycles. The lowest BCUT2D eigenvalue weighted by Crippen LogP contribution is -2.53. The highest BCUT2D eigenvalue weighted by Gasteiger charge is 2.54. The monoisotopic (exact) mass is 354 g/mol. The number of carbonyl (C=O) groups is 2. The van der Waals surface area contributed by atoms with Crippen LogP contribution < -0.4 is 5.73 Å². The molecule has 1 aromatic rings. The zero-order chi connectivity index (χ0) is 18.4. The minimum atomic E-state index is -0.472. The summed E-state index contributed by atoms with van der Waals surface area (Å²) in [7, 11) is 0. The van der Waals surface area contributed by atoms with Crippen molar-refractivity contribution < 1.29 is 9.59 Å². The van der Waals surface area contributed by atoms with Crippen LogP contribution in [-0.2, 0) is 15.0 Å². The van der Waals surface area contributed by atoms with Crippen molar-refractivity contribution in [2.75, 3.05) is 13.1 Å². The summed E-state index contributed by atoms with van der Waals surface area (Å²) < 4.78 is 0. The molecule has 3 aliphatic rings. The maximum absolute atomic E-state index is 13.1.